The van der Waals surface area contributed by atoms with Crippen molar-refractivity contribution in [3.8, 4) is 16.9 Å². The van der Waals surface area contributed by atoms with Crippen molar-refractivity contribution in [3.05, 3.63) is 61.3 Å². The minimum absolute atomic E-state index is 0.0419. The molecule has 51 heavy (non-hydrogen) atoms. The van der Waals surface area contributed by atoms with Gasteiger partial charge in [-0.2, -0.15) is 28.2 Å². The molecule has 2 atom stereocenters. The summed E-state index contributed by atoms with van der Waals surface area (Å²) in [5, 5.41) is 11.9. The predicted molar refractivity (Wildman–Crippen MR) is 191 cm³/mol. The highest BCUT2D eigenvalue weighted by Gasteiger charge is 2.31. The molecule has 1 aliphatic heterocycles. The highest BCUT2D eigenvalue weighted by molar-refractivity contribution is 7.71. The Kier molecular flexibility index (Phi) is 8.84. The Labute approximate surface area is 291 Å². The molecule has 0 spiro atoms. The lowest BCUT2D eigenvalue weighted by molar-refractivity contribution is -0.153. The van der Waals surface area contributed by atoms with Gasteiger partial charge in [-0.15, -0.1) is 0 Å². The number of fused-ring (bicyclic) bond motifs is 2. The van der Waals surface area contributed by atoms with Gasteiger partial charge in [-0.1, -0.05) is 0 Å². The van der Waals surface area contributed by atoms with Crippen LogP contribution in [0.15, 0.2) is 61.3 Å². The number of nitrogens with one attached hydrogen (secondary N) is 3. The molecule has 0 amide bonds. The monoisotopic (exact) mass is 720 g/mol. The minimum atomic E-state index is -4.59. The third-order valence-corrected chi connectivity index (χ3v) is 9.86. The smallest absolute Gasteiger partial charge is 0.422 e. The van der Waals surface area contributed by atoms with Crippen LogP contribution in [-0.4, -0.2) is 86.1 Å². The first kappa shape index (κ1) is 34.2. The van der Waals surface area contributed by atoms with Crippen molar-refractivity contribution in [1.82, 2.24) is 34.7 Å². The largest absolute Gasteiger partial charge is 0.482 e. The van der Waals surface area contributed by atoms with Gasteiger partial charge in [0.1, 0.15) is 29.9 Å². The molecule has 13 nitrogen and oxygen atoms in total. The second kappa shape index (κ2) is 13.2. The first-order valence-electron chi connectivity index (χ1n) is 16.2. The van der Waals surface area contributed by atoms with Crippen LogP contribution in [0.25, 0.3) is 33.2 Å². The average Bonchev–Trinajstić information content (AvgIpc) is 3.71. The van der Waals surface area contributed by atoms with E-state index in [0.717, 1.165) is 5.56 Å². The number of nitrogens with zero attached hydrogens (tertiary/aromatic N) is 7. The molecule has 266 valence electrons. The molecule has 0 radical (unpaired) electrons. The van der Waals surface area contributed by atoms with E-state index < -0.39 is 19.9 Å². The molecule has 1 aliphatic rings. The highest BCUT2D eigenvalue weighted by Crippen LogP contribution is 2.43. The van der Waals surface area contributed by atoms with E-state index >= 15 is 0 Å². The third-order valence-electron chi connectivity index (χ3n) is 8.33. The van der Waals surface area contributed by atoms with E-state index in [0.29, 0.717) is 63.2 Å². The molecule has 1 fully saturated rings. The Morgan fingerprint density at radius 2 is 1.80 bits per heavy atom. The summed E-state index contributed by atoms with van der Waals surface area (Å²) in [6, 6.07) is 8.67. The number of ether oxygens (including phenoxy) is 2. The van der Waals surface area contributed by atoms with E-state index in [4.69, 9.17) is 14.5 Å². The van der Waals surface area contributed by atoms with Crippen molar-refractivity contribution >= 4 is 63.3 Å². The summed E-state index contributed by atoms with van der Waals surface area (Å²) in [5.74, 6) is 0.390. The summed E-state index contributed by atoms with van der Waals surface area (Å²) < 4.78 is 67.4. The maximum absolute atomic E-state index is 13.6. The van der Waals surface area contributed by atoms with Crippen LogP contribution < -0.4 is 25.6 Å². The fourth-order valence-corrected chi connectivity index (χ4v) is 7.77. The maximum Gasteiger partial charge on any atom is 0.422 e. The number of aryl methyl sites for hydroxylation is 1. The number of aromatic amines is 1. The first-order chi connectivity index (χ1) is 24.2. The molecule has 0 bridgehead atoms. The van der Waals surface area contributed by atoms with E-state index in [2.05, 4.69) is 40.6 Å². The lowest BCUT2D eigenvalue weighted by Crippen LogP contribution is -2.45. The van der Waals surface area contributed by atoms with Gasteiger partial charge in [-0.05, 0) is 51.4 Å². The average molecular weight is 721 g/mol. The quantitative estimate of drug-likeness (QED) is 0.139. The molecule has 0 aliphatic carbocycles. The van der Waals surface area contributed by atoms with Gasteiger partial charge in [0.15, 0.2) is 6.61 Å². The zero-order chi connectivity index (χ0) is 36.1. The van der Waals surface area contributed by atoms with Crippen molar-refractivity contribution in [2.75, 3.05) is 48.6 Å². The van der Waals surface area contributed by atoms with Gasteiger partial charge in [0.05, 0.1) is 46.0 Å². The molecule has 2 aromatic carbocycles. The molecule has 7 rings (SSSR count). The summed E-state index contributed by atoms with van der Waals surface area (Å²) in [6.07, 6.45) is 3.55. The third kappa shape index (κ3) is 7.33. The summed E-state index contributed by atoms with van der Waals surface area (Å²) in [4.78, 5) is 23.4. The number of rotatable bonds is 9. The van der Waals surface area contributed by atoms with E-state index in [9.17, 15) is 17.7 Å². The predicted octanol–water partition coefficient (Wildman–Crippen LogP) is 6.59. The molecule has 3 N–H and O–H groups in total. The number of benzene rings is 2. The van der Waals surface area contributed by atoms with Crippen molar-refractivity contribution in [3.63, 3.8) is 0 Å². The minimum Gasteiger partial charge on any atom is -0.482 e. The van der Waals surface area contributed by atoms with Crippen LogP contribution in [0.2, 0.25) is 0 Å². The summed E-state index contributed by atoms with van der Waals surface area (Å²) >= 11 is 0. The zero-order valence-corrected chi connectivity index (χ0v) is 29.4. The van der Waals surface area contributed by atoms with Gasteiger partial charge in [-0.3, -0.25) is 14.6 Å². The summed E-state index contributed by atoms with van der Waals surface area (Å²) in [6.45, 7) is 6.77. The van der Waals surface area contributed by atoms with Crippen LogP contribution in [0.4, 0.5) is 42.0 Å². The van der Waals surface area contributed by atoms with Crippen LogP contribution in [0, 0.1) is 0 Å². The number of morpholine rings is 1. The van der Waals surface area contributed by atoms with Crippen molar-refractivity contribution in [2.24, 2.45) is 7.05 Å². The maximum atomic E-state index is 13.6. The Bertz CT molecular complexity index is 2280. The van der Waals surface area contributed by atoms with E-state index in [-0.39, 0.29) is 29.6 Å². The van der Waals surface area contributed by atoms with Crippen molar-refractivity contribution in [2.45, 2.75) is 32.2 Å². The van der Waals surface area contributed by atoms with Gasteiger partial charge in [0.25, 0.3) is 0 Å². The number of halogens is 3. The number of aromatic nitrogens is 7. The second-order valence-electron chi connectivity index (χ2n) is 13.0. The lowest BCUT2D eigenvalue weighted by Gasteiger charge is -2.38. The molecule has 0 saturated carbocycles. The van der Waals surface area contributed by atoms with Gasteiger partial charge < -0.3 is 34.6 Å². The van der Waals surface area contributed by atoms with Gasteiger partial charge >= 0.3 is 6.18 Å². The molecular formula is C34H36F3N10O3P. The number of H-pyrrole nitrogens is 1. The second-order valence-corrected chi connectivity index (χ2v) is 16.1. The van der Waals surface area contributed by atoms with Crippen LogP contribution >= 0.6 is 7.14 Å². The molecule has 4 aromatic heterocycles. The lowest BCUT2D eigenvalue weighted by atomic mass is 10.0. The topological polar surface area (TPSA) is 148 Å². The molecule has 1 saturated heterocycles. The number of anilines is 5. The Balaban J connectivity index is 1.34. The fraction of sp³-hybridized carbons (Fsp3) is 0.324. The standard InChI is InChI=1S/C34H36F3N10O3P/c1-19-15-47(16-20(2)50-19)27-13-28(49-18-34(35,36)37)26(12-23(27)21-14-41-46(3)17-21)43-33-44-31-22(8-9-40-31)32(45-33)42-25-7-6-24-29(39-11-10-38-24)30(25)51(4,5)48/h6-14,17,19-20H,15-16,18H2,1-5H3,(H3,40,42,43,44,45)/t19-,20+. The van der Waals surface area contributed by atoms with Gasteiger partial charge in [0.2, 0.25) is 5.95 Å². The molecular weight excluding hydrogens is 684 g/mol. The van der Waals surface area contributed by atoms with Crippen LogP contribution in [-0.2, 0) is 16.3 Å². The number of hydrogen-bond donors (Lipinski definition) is 3. The first-order valence-corrected chi connectivity index (χ1v) is 18.8. The van der Waals surface area contributed by atoms with Crippen molar-refractivity contribution in [1.29, 1.82) is 0 Å². The van der Waals surface area contributed by atoms with Gasteiger partial charge in [0, 0.05) is 67.8 Å². The van der Waals surface area contributed by atoms with Crippen LogP contribution in [0.1, 0.15) is 13.8 Å². The SMILES string of the molecule is C[C@@H]1CN(c2cc(OCC(F)(F)F)c(Nc3nc(Nc4ccc5nccnc5c4P(C)(C)=O)c4cc[nH]c4n3)cc2-c2cnn(C)c2)C[C@H](C)O1. The van der Waals surface area contributed by atoms with E-state index in [1.807, 2.05) is 20.0 Å². The van der Waals surface area contributed by atoms with Gasteiger partial charge in [-0.25, -0.2) is 0 Å². The van der Waals surface area contributed by atoms with Crippen LogP contribution in [0.3, 0.4) is 0 Å². The van der Waals surface area contributed by atoms with Crippen LogP contribution in [0.5, 0.6) is 5.75 Å². The summed E-state index contributed by atoms with van der Waals surface area (Å²) in [5.41, 5.74) is 4.43. The molecule has 6 aromatic rings. The fourth-order valence-electron chi connectivity index (χ4n) is 6.38. The Hall–Kier alpha value is -5.21. The van der Waals surface area contributed by atoms with E-state index in [1.54, 1.807) is 80.2 Å². The molecule has 0 unspecified atom stereocenters. The number of hydrogen-bond acceptors (Lipinski definition) is 11. The van der Waals surface area contributed by atoms with Crippen molar-refractivity contribution < 1.29 is 27.2 Å². The molecule has 17 heteroatoms. The molecule has 5 heterocycles. The Morgan fingerprint density at radius 3 is 2.51 bits per heavy atom. The zero-order valence-electron chi connectivity index (χ0n) is 28.5. The summed E-state index contributed by atoms with van der Waals surface area (Å²) in [7, 11) is -1.10. The number of alkyl halides is 3. The van der Waals surface area contributed by atoms with E-state index in [1.165, 1.54) is 0 Å². The Morgan fingerprint density at radius 1 is 1.04 bits per heavy atom. The highest BCUT2D eigenvalue weighted by atomic mass is 31.2. The normalized spacial score (nSPS) is 16.9.